The SMILES string of the molecule is CN(C)C[C@H](N)C(=O)N1C[C@H]2[C@@H]([C@H]1C(=O)O)C2(C)C. The number of piperidine rings is 1. The van der Waals surface area contributed by atoms with E-state index in [4.69, 9.17) is 5.73 Å². The van der Waals surface area contributed by atoms with Gasteiger partial charge >= 0.3 is 5.97 Å². The minimum Gasteiger partial charge on any atom is -0.480 e. The molecule has 1 aliphatic carbocycles. The third-order valence-electron chi connectivity index (χ3n) is 4.62. The molecule has 0 unspecified atom stereocenters. The highest BCUT2D eigenvalue weighted by atomic mass is 16.4. The van der Waals surface area contributed by atoms with Crippen molar-refractivity contribution in [2.75, 3.05) is 27.2 Å². The van der Waals surface area contributed by atoms with E-state index in [2.05, 4.69) is 13.8 Å². The van der Waals surface area contributed by atoms with Crippen LogP contribution < -0.4 is 5.73 Å². The van der Waals surface area contributed by atoms with Crippen LogP contribution >= 0.6 is 0 Å². The summed E-state index contributed by atoms with van der Waals surface area (Å²) in [5.74, 6) is -0.794. The molecule has 3 N–H and O–H groups in total. The van der Waals surface area contributed by atoms with Crippen LogP contribution in [0.1, 0.15) is 13.8 Å². The van der Waals surface area contributed by atoms with Crippen molar-refractivity contribution < 1.29 is 14.7 Å². The second-order valence-electron chi connectivity index (χ2n) is 6.60. The number of hydrogen-bond donors (Lipinski definition) is 2. The summed E-state index contributed by atoms with van der Waals surface area (Å²) in [6, 6.07) is -1.36. The second kappa shape index (κ2) is 4.45. The monoisotopic (exact) mass is 269 g/mol. The van der Waals surface area contributed by atoms with Crippen LogP contribution in [-0.4, -0.2) is 66.1 Å². The van der Waals surface area contributed by atoms with Gasteiger partial charge in [0.1, 0.15) is 6.04 Å². The summed E-state index contributed by atoms with van der Waals surface area (Å²) in [6.07, 6.45) is 0. The normalized spacial score (nSPS) is 33.2. The number of rotatable bonds is 4. The maximum atomic E-state index is 12.3. The van der Waals surface area contributed by atoms with Gasteiger partial charge in [0.05, 0.1) is 6.04 Å². The van der Waals surface area contributed by atoms with Gasteiger partial charge in [-0.2, -0.15) is 0 Å². The van der Waals surface area contributed by atoms with E-state index >= 15 is 0 Å². The zero-order chi connectivity index (χ0) is 14.5. The molecule has 0 aromatic rings. The Labute approximate surface area is 113 Å². The Morgan fingerprint density at radius 3 is 2.53 bits per heavy atom. The highest BCUT2D eigenvalue weighted by Crippen LogP contribution is 2.64. The molecule has 1 heterocycles. The van der Waals surface area contributed by atoms with Gasteiger partial charge in [0, 0.05) is 19.0 Å². The van der Waals surface area contributed by atoms with Gasteiger partial charge in [-0.3, -0.25) is 4.79 Å². The minimum atomic E-state index is -0.913. The molecule has 1 saturated carbocycles. The molecule has 1 aliphatic heterocycles. The number of likely N-dealkylation sites (N-methyl/N-ethyl adjacent to an activating group) is 1. The summed E-state index contributed by atoms with van der Waals surface area (Å²) in [6.45, 7) is 5.09. The van der Waals surface area contributed by atoms with Crippen LogP contribution in [0.4, 0.5) is 0 Å². The van der Waals surface area contributed by atoms with Crippen LogP contribution in [-0.2, 0) is 9.59 Å². The van der Waals surface area contributed by atoms with Gasteiger partial charge in [-0.15, -0.1) is 0 Å². The van der Waals surface area contributed by atoms with E-state index in [1.54, 1.807) is 0 Å². The standard InChI is InChI=1S/C13H23N3O3/c1-13(2)7-5-16(10(9(7)13)12(18)19)11(17)8(14)6-15(3)4/h7-10H,5-6,14H2,1-4H3,(H,18,19)/t7-,8-,9-,10-/m0/s1. The number of aliphatic carboxylic acids is 1. The first-order chi connectivity index (χ1) is 8.67. The number of carboxylic acid groups (broad SMARTS) is 1. The van der Waals surface area contributed by atoms with Gasteiger partial charge in [0.2, 0.25) is 5.91 Å². The van der Waals surface area contributed by atoms with Gasteiger partial charge in [-0.05, 0) is 25.4 Å². The molecule has 0 spiro atoms. The molecule has 108 valence electrons. The van der Waals surface area contributed by atoms with E-state index in [1.165, 1.54) is 4.90 Å². The molecule has 0 radical (unpaired) electrons. The zero-order valence-corrected chi connectivity index (χ0v) is 12.0. The number of carboxylic acids is 1. The summed E-state index contributed by atoms with van der Waals surface area (Å²) in [5, 5.41) is 9.38. The number of likely N-dealkylation sites (tertiary alicyclic amines) is 1. The maximum Gasteiger partial charge on any atom is 0.326 e. The fraction of sp³-hybridized carbons (Fsp3) is 0.846. The van der Waals surface area contributed by atoms with Crippen molar-refractivity contribution in [3.8, 4) is 0 Å². The van der Waals surface area contributed by atoms with Crippen molar-refractivity contribution in [1.82, 2.24) is 9.80 Å². The Hall–Kier alpha value is -1.14. The van der Waals surface area contributed by atoms with Gasteiger partial charge in [0.15, 0.2) is 0 Å². The quantitative estimate of drug-likeness (QED) is 0.714. The van der Waals surface area contributed by atoms with E-state index in [0.29, 0.717) is 19.0 Å². The van der Waals surface area contributed by atoms with E-state index in [9.17, 15) is 14.7 Å². The first kappa shape index (κ1) is 14.3. The molecule has 6 heteroatoms. The first-order valence-corrected chi connectivity index (χ1v) is 6.61. The average molecular weight is 269 g/mol. The molecule has 0 bridgehead atoms. The Kier molecular flexibility index (Phi) is 3.35. The Morgan fingerprint density at radius 2 is 2.05 bits per heavy atom. The van der Waals surface area contributed by atoms with Crippen LogP contribution in [0.2, 0.25) is 0 Å². The molecular formula is C13H23N3O3. The number of carbonyl (C=O) groups is 2. The fourth-order valence-corrected chi connectivity index (χ4v) is 3.48. The molecule has 1 amide bonds. The number of nitrogens with two attached hydrogens (primary N) is 1. The number of fused-ring (bicyclic) bond motifs is 1. The van der Waals surface area contributed by atoms with Crippen LogP contribution in [0.3, 0.4) is 0 Å². The van der Waals surface area contributed by atoms with Gasteiger partial charge in [-0.1, -0.05) is 13.8 Å². The summed E-state index contributed by atoms with van der Waals surface area (Å²) >= 11 is 0. The Bertz CT molecular complexity index is 408. The zero-order valence-electron chi connectivity index (χ0n) is 12.0. The molecule has 6 nitrogen and oxygen atoms in total. The first-order valence-electron chi connectivity index (χ1n) is 6.61. The molecule has 19 heavy (non-hydrogen) atoms. The van der Waals surface area contributed by atoms with Crippen molar-refractivity contribution in [1.29, 1.82) is 0 Å². The number of nitrogens with zero attached hydrogens (tertiary/aromatic N) is 2. The van der Waals surface area contributed by atoms with Gasteiger partial charge in [-0.25, -0.2) is 4.79 Å². The number of hydrogen-bond acceptors (Lipinski definition) is 4. The summed E-state index contributed by atoms with van der Waals surface area (Å²) in [4.78, 5) is 27.0. The van der Waals surface area contributed by atoms with Crippen LogP contribution in [0.25, 0.3) is 0 Å². The van der Waals surface area contributed by atoms with Crippen LogP contribution in [0.15, 0.2) is 0 Å². The number of carbonyl (C=O) groups excluding carboxylic acids is 1. The van der Waals surface area contributed by atoms with E-state index in [0.717, 1.165) is 0 Å². The largest absolute Gasteiger partial charge is 0.480 e. The molecule has 4 atom stereocenters. The summed E-state index contributed by atoms with van der Waals surface area (Å²) < 4.78 is 0. The smallest absolute Gasteiger partial charge is 0.326 e. The van der Waals surface area contributed by atoms with Crippen LogP contribution in [0, 0.1) is 17.3 Å². The third kappa shape index (κ3) is 2.23. The topological polar surface area (TPSA) is 86.9 Å². The van der Waals surface area contributed by atoms with Gasteiger partial charge < -0.3 is 20.6 Å². The summed E-state index contributed by atoms with van der Waals surface area (Å²) in [5.41, 5.74) is 5.90. The van der Waals surface area contributed by atoms with Crippen molar-refractivity contribution in [3.63, 3.8) is 0 Å². The average Bonchev–Trinajstić information content (AvgIpc) is 2.68. The summed E-state index contributed by atoms with van der Waals surface area (Å²) in [7, 11) is 3.68. The highest BCUT2D eigenvalue weighted by Gasteiger charge is 2.69. The van der Waals surface area contributed by atoms with E-state index in [-0.39, 0.29) is 17.2 Å². The lowest BCUT2D eigenvalue weighted by molar-refractivity contribution is -0.150. The predicted molar refractivity (Wildman–Crippen MR) is 70.4 cm³/mol. The molecule has 0 aromatic carbocycles. The van der Waals surface area contributed by atoms with Crippen LogP contribution in [0.5, 0.6) is 0 Å². The third-order valence-corrected chi connectivity index (χ3v) is 4.62. The lowest BCUT2D eigenvalue weighted by atomic mass is 10.0. The van der Waals surface area contributed by atoms with Crippen molar-refractivity contribution in [3.05, 3.63) is 0 Å². The lowest BCUT2D eigenvalue weighted by Gasteiger charge is -2.30. The van der Waals surface area contributed by atoms with Crippen molar-refractivity contribution in [2.24, 2.45) is 23.0 Å². The second-order valence-corrected chi connectivity index (χ2v) is 6.60. The molecular weight excluding hydrogens is 246 g/mol. The molecule has 2 fully saturated rings. The van der Waals surface area contributed by atoms with E-state index in [1.807, 2.05) is 19.0 Å². The van der Waals surface area contributed by atoms with Crippen molar-refractivity contribution in [2.45, 2.75) is 25.9 Å². The predicted octanol–water partition coefficient (Wildman–Crippen LogP) is -0.557. The Morgan fingerprint density at radius 1 is 1.47 bits per heavy atom. The molecule has 2 rings (SSSR count). The van der Waals surface area contributed by atoms with Crippen molar-refractivity contribution >= 4 is 11.9 Å². The minimum absolute atomic E-state index is 0.0332. The molecule has 1 saturated heterocycles. The van der Waals surface area contributed by atoms with E-state index < -0.39 is 18.1 Å². The lowest BCUT2D eigenvalue weighted by Crippen LogP contribution is -2.54. The maximum absolute atomic E-state index is 12.3. The molecule has 0 aromatic heterocycles. The fourth-order valence-electron chi connectivity index (χ4n) is 3.48. The van der Waals surface area contributed by atoms with Gasteiger partial charge in [0.25, 0.3) is 0 Å². The molecule has 2 aliphatic rings. The number of amides is 1. The Balaban J connectivity index is 2.09. The highest BCUT2D eigenvalue weighted by molar-refractivity contribution is 5.88.